The fourth-order valence-corrected chi connectivity index (χ4v) is 1.71. The van der Waals surface area contributed by atoms with Crippen LogP contribution in [0.15, 0.2) is 29.4 Å². The molecule has 0 spiro atoms. The molecule has 16 heavy (non-hydrogen) atoms. The van der Waals surface area contributed by atoms with Crippen molar-refractivity contribution in [1.29, 1.82) is 0 Å². The molecule has 4 heteroatoms. The third kappa shape index (κ3) is 2.97. The number of nitrogens with zero attached hydrogens (tertiary/aromatic N) is 1. The Morgan fingerprint density at radius 3 is 2.56 bits per heavy atom. The Balaban J connectivity index is 2.73. The second-order valence-electron chi connectivity index (χ2n) is 3.99. The highest BCUT2D eigenvalue weighted by Crippen LogP contribution is 2.16. The highest BCUT2D eigenvalue weighted by Gasteiger charge is 2.13. The van der Waals surface area contributed by atoms with Crippen molar-refractivity contribution in [3.63, 3.8) is 0 Å². The molecule has 0 aromatic heterocycles. The lowest BCUT2D eigenvalue weighted by atomic mass is 10.0. The van der Waals surface area contributed by atoms with Gasteiger partial charge < -0.3 is 16.3 Å². The molecule has 1 aromatic rings. The van der Waals surface area contributed by atoms with Gasteiger partial charge >= 0.3 is 0 Å². The van der Waals surface area contributed by atoms with Gasteiger partial charge in [-0.2, -0.15) is 0 Å². The van der Waals surface area contributed by atoms with Crippen molar-refractivity contribution < 1.29 is 5.21 Å². The van der Waals surface area contributed by atoms with Gasteiger partial charge in [-0.15, -0.1) is 0 Å². The van der Waals surface area contributed by atoms with E-state index >= 15 is 0 Å². The summed E-state index contributed by atoms with van der Waals surface area (Å²) in [7, 11) is 0. The smallest absolute Gasteiger partial charge is 0.156 e. The lowest BCUT2D eigenvalue weighted by Crippen LogP contribution is -2.40. The molecule has 2 atom stereocenters. The predicted octanol–water partition coefficient (Wildman–Crippen LogP) is 1.78. The summed E-state index contributed by atoms with van der Waals surface area (Å²) in [6, 6.07) is 8.18. The van der Waals surface area contributed by atoms with E-state index in [-0.39, 0.29) is 17.9 Å². The molecule has 0 aliphatic carbocycles. The first-order chi connectivity index (χ1) is 7.56. The number of nitrogens with one attached hydrogen (secondary N) is 1. The van der Waals surface area contributed by atoms with Crippen LogP contribution >= 0.6 is 0 Å². The molecule has 88 valence electrons. The maximum absolute atomic E-state index is 8.57. The fraction of sp³-hybridized carbons (Fsp3) is 0.417. The first-order valence-electron chi connectivity index (χ1n) is 5.35. The van der Waals surface area contributed by atoms with Crippen molar-refractivity contribution in [2.75, 3.05) is 0 Å². The third-order valence-corrected chi connectivity index (χ3v) is 2.71. The predicted molar refractivity (Wildman–Crippen MR) is 65.6 cm³/mol. The molecule has 0 heterocycles. The topological polar surface area (TPSA) is 70.6 Å². The Labute approximate surface area is 96.2 Å². The van der Waals surface area contributed by atoms with Gasteiger partial charge in [-0.05, 0) is 31.9 Å². The van der Waals surface area contributed by atoms with E-state index in [1.54, 1.807) is 0 Å². The van der Waals surface area contributed by atoms with E-state index < -0.39 is 0 Å². The molecule has 1 aromatic carbocycles. The summed E-state index contributed by atoms with van der Waals surface area (Å²) < 4.78 is 0. The second-order valence-corrected chi connectivity index (χ2v) is 3.99. The SMILES string of the molecule is Cc1ccccc1[C@@H](C)NC(C)/C(N)=N/O. The number of hydrogen-bond donors (Lipinski definition) is 3. The quantitative estimate of drug-likeness (QED) is 0.314. The van der Waals surface area contributed by atoms with Gasteiger partial charge in [0.15, 0.2) is 5.84 Å². The van der Waals surface area contributed by atoms with Crippen molar-refractivity contribution >= 4 is 5.84 Å². The van der Waals surface area contributed by atoms with E-state index in [4.69, 9.17) is 10.9 Å². The van der Waals surface area contributed by atoms with Crippen molar-refractivity contribution in [1.82, 2.24) is 5.32 Å². The van der Waals surface area contributed by atoms with E-state index in [0.29, 0.717) is 0 Å². The van der Waals surface area contributed by atoms with Gasteiger partial charge in [-0.25, -0.2) is 0 Å². The molecular formula is C12H19N3O. The van der Waals surface area contributed by atoms with E-state index in [0.717, 1.165) is 0 Å². The van der Waals surface area contributed by atoms with Crippen LogP contribution in [-0.4, -0.2) is 17.1 Å². The first kappa shape index (κ1) is 12.5. The van der Waals surface area contributed by atoms with Crippen LogP contribution in [0.25, 0.3) is 0 Å². The molecule has 4 N–H and O–H groups in total. The number of aryl methyl sites for hydroxylation is 1. The third-order valence-electron chi connectivity index (χ3n) is 2.71. The molecule has 0 bridgehead atoms. The van der Waals surface area contributed by atoms with Crippen LogP contribution in [0, 0.1) is 6.92 Å². The lowest BCUT2D eigenvalue weighted by Gasteiger charge is -2.20. The summed E-state index contributed by atoms with van der Waals surface area (Å²) >= 11 is 0. The van der Waals surface area contributed by atoms with Crippen LogP contribution in [-0.2, 0) is 0 Å². The summed E-state index contributed by atoms with van der Waals surface area (Å²) in [5, 5.41) is 14.8. The van der Waals surface area contributed by atoms with Crippen LogP contribution in [0.4, 0.5) is 0 Å². The normalized spacial score (nSPS) is 15.8. The average Bonchev–Trinajstić information content (AvgIpc) is 2.28. The lowest BCUT2D eigenvalue weighted by molar-refractivity contribution is 0.314. The minimum atomic E-state index is -0.153. The Morgan fingerprint density at radius 1 is 1.38 bits per heavy atom. The van der Waals surface area contributed by atoms with Gasteiger partial charge in [0.2, 0.25) is 0 Å². The Kier molecular flexibility index (Phi) is 4.31. The summed E-state index contributed by atoms with van der Waals surface area (Å²) in [6.45, 7) is 6.00. The summed E-state index contributed by atoms with van der Waals surface area (Å²) in [5.41, 5.74) is 7.97. The van der Waals surface area contributed by atoms with Crippen molar-refractivity contribution in [2.45, 2.75) is 32.9 Å². The minimum absolute atomic E-state index is 0.153. The molecule has 4 nitrogen and oxygen atoms in total. The molecule has 1 rings (SSSR count). The van der Waals surface area contributed by atoms with Crippen molar-refractivity contribution in [2.24, 2.45) is 10.9 Å². The highest BCUT2D eigenvalue weighted by molar-refractivity contribution is 5.84. The molecule has 1 unspecified atom stereocenters. The Bertz CT molecular complexity index is 376. The van der Waals surface area contributed by atoms with Gasteiger partial charge in [0.1, 0.15) is 0 Å². The van der Waals surface area contributed by atoms with Gasteiger partial charge in [0.25, 0.3) is 0 Å². The summed E-state index contributed by atoms with van der Waals surface area (Å²) in [5.74, 6) is 0.195. The average molecular weight is 221 g/mol. The number of hydrogen-bond acceptors (Lipinski definition) is 3. The monoisotopic (exact) mass is 221 g/mol. The molecule has 0 aliphatic rings. The highest BCUT2D eigenvalue weighted by atomic mass is 16.4. The molecular weight excluding hydrogens is 202 g/mol. The summed E-state index contributed by atoms with van der Waals surface area (Å²) in [6.07, 6.45) is 0. The number of amidine groups is 1. The van der Waals surface area contributed by atoms with Crippen molar-refractivity contribution in [3.05, 3.63) is 35.4 Å². The largest absolute Gasteiger partial charge is 0.409 e. The molecule has 0 fully saturated rings. The van der Waals surface area contributed by atoms with Crippen LogP contribution < -0.4 is 11.1 Å². The van der Waals surface area contributed by atoms with Crippen LogP contribution in [0.3, 0.4) is 0 Å². The maximum atomic E-state index is 8.57. The number of benzene rings is 1. The maximum Gasteiger partial charge on any atom is 0.156 e. The molecule has 0 amide bonds. The van der Waals surface area contributed by atoms with Gasteiger partial charge in [0, 0.05) is 6.04 Å². The van der Waals surface area contributed by atoms with Gasteiger partial charge in [0.05, 0.1) is 6.04 Å². The summed E-state index contributed by atoms with van der Waals surface area (Å²) in [4.78, 5) is 0. The van der Waals surface area contributed by atoms with Crippen LogP contribution in [0.1, 0.15) is 31.0 Å². The van der Waals surface area contributed by atoms with E-state index in [1.165, 1.54) is 11.1 Å². The van der Waals surface area contributed by atoms with E-state index in [9.17, 15) is 0 Å². The fourth-order valence-electron chi connectivity index (χ4n) is 1.71. The Hall–Kier alpha value is -1.55. The molecule has 0 aliphatic heterocycles. The van der Waals surface area contributed by atoms with Gasteiger partial charge in [-0.3, -0.25) is 0 Å². The van der Waals surface area contributed by atoms with Crippen LogP contribution in [0.2, 0.25) is 0 Å². The number of oxime groups is 1. The minimum Gasteiger partial charge on any atom is -0.409 e. The zero-order valence-electron chi connectivity index (χ0n) is 9.94. The Morgan fingerprint density at radius 2 is 2.00 bits per heavy atom. The standard InChI is InChI=1S/C12H19N3O/c1-8-6-4-5-7-11(8)9(2)14-10(3)12(13)15-16/h4-7,9-10,14,16H,1-3H3,(H2,13,15)/t9-,10?/m1/s1. The zero-order valence-corrected chi connectivity index (χ0v) is 9.94. The van der Waals surface area contributed by atoms with E-state index in [1.807, 2.05) is 19.1 Å². The molecule has 0 saturated carbocycles. The van der Waals surface area contributed by atoms with E-state index in [2.05, 4.69) is 36.5 Å². The first-order valence-corrected chi connectivity index (χ1v) is 5.35. The van der Waals surface area contributed by atoms with Crippen molar-refractivity contribution in [3.8, 4) is 0 Å². The molecule has 0 saturated heterocycles. The zero-order chi connectivity index (χ0) is 12.1. The van der Waals surface area contributed by atoms with Crippen LogP contribution in [0.5, 0.6) is 0 Å². The molecule has 0 radical (unpaired) electrons. The number of rotatable bonds is 4. The second kappa shape index (κ2) is 5.51. The number of nitrogens with two attached hydrogens (primary N) is 1. The van der Waals surface area contributed by atoms with Gasteiger partial charge in [-0.1, -0.05) is 29.4 Å².